The highest BCUT2D eigenvalue weighted by Gasteiger charge is 2.23. The SMILES string of the molecule is CC(C)c1ccc2c(c1)c1cc(C(C)C)ccc1n2-c1ccc2cc3c(cc2c1)oc1c3cc(C#N)c2c3cc4ccc(-n5c6ccc(C(C)C)cc6c6cc(C(C)C)ccc65)cc4cc3oc12. The molecule has 13 aromatic rings. The molecule has 0 spiro atoms. The van der Waals surface area contributed by atoms with Crippen molar-refractivity contribution in [3.05, 3.63) is 167 Å². The third-order valence-corrected chi connectivity index (χ3v) is 15.0. The predicted octanol–water partition coefficient (Wildman–Crippen LogP) is 18.4. The quantitative estimate of drug-likeness (QED) is 0.167. The van der Waals surface area contributed by atoms with Crippen LogP contribution in [-0.2, 0) is 0 Å². The van der Waals surface area contributed by atoms with E-state index in [0.29, 0.717) is 40.4 Å². The minimum Gasteiger partial charge on any atom is -0.452 e. The van der Waals surface area contributed by atoms with Crippen LogP contribution in [0.2, 0.25) is 0 Å². The largest absolute Gasteiger partial charge is 0.452 e. The van der Waals surface area contributed by atoms with Crippen LogP contribution < -0.4 is 0 Å². The van der Waals surface area contributed by atoms with Crippen molar-refractivity contribution in [3.8, 4) is 17.4 Å². The molecule has 5 heteroatoms. The maximum atomic E-state index is 10.7. The summed E-state index contributed by atoms with van der Waals surface area (Å²) in [5.41, 5.74) is 15.6. The van der Waals surface area contributed by atoms with Gasteiger partial charge in [0.05, 0.1) is 33.7 Å². The molecule has 0 unspecified atom stereocenters. The molecular weight excluding hydrogens is 831 g/mol. The fraction of sp³-hybridized carbons (Fsp3) is 0.190. The molecule has 0 N–H and O–H groups in total. The first-order chi connectivity index (χ1) is 32.9. The fourth-order valence-electron chi connectivity index (χ4n) is 11.1. The van der Waals surface area contributed by atoms with Crippen LogP contribution in [0.1, 0.15) is 107 Å². The molecule has 4 aromatic heterocycles. The molecule has 13 rings (SSSR count). The van der Waals surface area contributed by atoms with Gasteiger partial charge < -0.3 is 18.0 Å². The highest BCUT2D eigenvalue weighted by molar-refractivity contribution is 6.23. The molecular formula is C63H51N3O2. The lowest BCUT2D eigenvalue weighted by Crippen LogP contribution is -1.95. The molecule has 0 amide bonds. The summed E-state index contributed by atoms with van der Waals surface area (Å²) in [5, 5.41) is 23.6. The van der Waals surface area contributed by atoms with E-state index < -0.39 is 0 Å². The van der Waals surface area contributed by atoms with Crippen molar-refractivity contribution in [3.63, 3.8) is 0 Å². The van der Waals surface area contributed by atoms with Gasteiger partial charge in [0.2, 0.25) is 0 Å². The zero-order valence-corrected chi connectivity index (χ0v) is 39.7. The lowest BCUT2D eigenvalue weighted by Gasteiger charge is -2.11. The molecule has 0 aliphatic rings. The molecule has 5 nitrogen and oxygen atoms in total. The summed E-state index contributed by atoms with van der Waals surface area (Å²) in [4.78, 5) is 0. The Hall–Kier alpha value is -7.81. The summed E-state index contributed by atoms with van der Waals surface area (Å²) in [6.07, 6.45) is 0. The Balaban J connectivity index is 0.964. The smallest absolute Gasteiger partial charge is 0.179 e. The van der Waals surface area contributed by atoms with E-state index in [-0.39, 0.29) is 0 Å². The second-order valence-corrected chi connectivity index (χ2v) is 20.5. The van der Waals surface area contributed by atoms with Gasteiger partial charge in [-0.1, -0.05) is 91.8 Å². The van der Waals surface area contributed by atoms with Crippen LogP contribution in [0.3, 0.4) is 0 Å². The maximum Gasteiger partial charge on any atom is 0.179 e. The highest BCUT2D eigenvalue weighted by atomic mass is 16.4. The van der Waals surface area contributed by atoms with E-state index in [1.807, 2.05) is 6.07 Å². The maximum absolute atomic E-state index is 10.7. The van der Waals surface area contributed by atoms with Crippen molar-refractivity contribution < 1.29 is 8.83 Å². The topological polar surface area (TPSA) is 59.9 Å². The van der Waals surface area contributed by atoms with Crippen LogP contribution >= 0.6 is 0 Å². The van der Waals surface area contributed by atoms with Gasteiger partial charge in [-0.3, -0.25) is 0 Å². The molecule has 0 aliphatic carbocycles. The predicted molar refractivity (Wildman–Crippen MR) is 286 cm³/mol. The molecule has 330 valence electrons. The van der Waals surface area contributed by atoms with Gasteiger partial charge in [0, 0.05) is 54.5 Å². The zero-order valence-electron chi connectivity index (χ0n) is 39.7. The van der Waals surface area contributed by atoms with E-state index in [4.69, 9.17) is 8.83 Å². The van der Waals surface area contributed by atoms with E-state index in [1.165, 1.54) is 65.9 Å². The minimum atomic E-state index is 0.434. The summed E-state index contributed by atoms with van der Waals surface area (Å²) in [6, 6.07) is 54.3. The minimum absolute atomic E-state index is 0.434. The van der Waals surface area contributed by atoms with E-state index in [0.717, 1.165) is 65.6 Å². The summed E-state index contributed by atoms with van der Waals surface area (Å²) in [5.74, 6) is 1.74. The number of furan rings is 2. The molecule has 0 fully saturated rings. The monoisotopic (exact) mass is 881 g/mol. The van der Waals surface area contributed by atoms with Crippen molar-refractivity contribution in [1.29, 1.82) is 5.26 Å². The number of benzene rings is 9. The number of hydrogen-bond donors (Lipinski definition) is 0. The van der Waals surface area contributed by atoms with Crippen LogP contribution in [0.4, 0.5) is 0 Å². The van der Waals surface area contributed by atoms with Crippen molar-refractivity contribution in [1.82, 2.24) is 9.13 Å². The molecule has 68 heavy (non-hydrogen) atoms. The van der Waals surface area contributed by atoms with Gasteiger partial charge in [-0.2, -0.15) is 5.26 Å². The fourth-order valence-corrected chi connectivity index (χ4v) is 11.1. The number of nitrogens with zero attached hydrogens (tertiary/aromatic N) is 3. The normalized spacial score (nSPS) is 12.6. The van der Waals surface area contributed by atoms with Crippen molar-refractivity contribution in [2.45, 2.75) is 79.1 Å². The Morgan fingerprint density at radius 3 is 1.18 bits per heavy atom. The summed E-state index contributed by atoms with van der Waals surface area (Å²) >= 11 is 0. The standard InChI is InChI=1S/C63H51N3O2/c1-33(2)37-11-17-55-48(23-37)49-24-38(34(3)4)12-18-56(49)65(55)46-15-9-41-27-52-53-29-45(32-64)61-54-28-42-10-16-47(22-44(42)31-60(54)68-63(61)62(53)67-59(52)30-43(41)21-46)66-57-19-13-39(35(5)6)25-50(57)51-26-40(36(7)8)14-20-58(51)66/h9-31,33-36H,1-8H3. The van der Waals surface area contributed by atoms with E-state index in [1.54, 1.807) is 0 Å². The average Bonchev–Trinajstić information content (AvgIpc) is 4.08. The van der Waals surface area contributed by atoms with Gasteiger partial charge in [-0.15, -0.1) is 0 Å². The molecule has 0 saturated carbocycles. The third kappa shape index (κ3) is 5.86. The first-order valence-electron chi connectivity index (χ1n) is 24.2. The van der Waals surface area contributed by atoms with Crippen molar-refractivity contribution >= 4 is 109 Å². The molecule has 0 saturated heterocycles. The first kappa shape index (κ1) is 40.5. The Morgan fingerprint density at radius 2 is 0.765 bits per heavy atom. The highest BCUT2D eigenvalue weighted by Crippen LogP contribution is 2.44. The van der Waals surface area contributed by atoms with Crippen LogP contribution in [0.5, 0.6) is 0 Å². The van der Waals surface area contributed by atoms with Gasteiger partial charge >= 0.3 is 0 Å². The van der Waals surface area contributed by atoms with Crippen molar-refractivity contribution in [2.24, 2.45) is 0 Å². The second kappa shape index (κ2) is 14.6. The lowest BCUT2D eigenvalue weighted by molar-refractivity contribution is 0.634. The van der Waals surface area contributed by atoms with Gasteiger partial charge in [0.15, 0.2) is 11.2 Å². The Kier molecular flexibility index (Phi) is 8.68. The summed E-state index contributed by atoms with van der Waals surface area (Å²) in [7, 11) is 0. The molecule has 0 bridgehead atoms. The molecule has 0 radical (unpaired) electrons. The average molecular weight is 882 g/mol. The number of aromatic nitrogens is 2. The molecule has 9 aromatic carbocycles. The van der Waals surface area contributed by atoms with E-state index in [2.05, 4.69) is 204 Å². The zero-order chi connectivity index (χ0) is 46.4. The van der Waals surface area contributed by atoms with Crippen LogP contribution in [0, 0.1) is 11.3 Å². The number of fused-ring (bicyclic) bond motifs is 15. The Labute approximate surface area is 394 Å². The first-order valence-corrected chi connectivity index (χ1v) is 24.2. The number of hydrogen-bond acceptors (Lipinski definition) is 3. The third-order valence-electron chi connectivity index (χ3n) is 15.0. The van der Waals surface area contributed by atoms with E-state index in [9.17, 15) is 5.26 Å². The van der Waals surface area contributed by atoms with Crippen molar-refractivity contribution in [2.75, 3.05) is 0 Å². The number of nitriles is 1. The second-order valence-electron chi connectivity index (χ2n) is 20.5. The molecule has 0 atom stereocenters. The van der Waals surface area contributed by atoms with Gasteiger partial charge in [-0.25, -0.2) is 0 Å². The summed E-state index contributed by atoms with van der Waals surface area (Å²) < 4.78 is 18.4. The van der Waals surface area contributed by atoms with Crippen LogP contribution in [-0.4, -0.2) is 9.13 Å². The van der Waals surface area contributed by atoms with E-state index >= 15 is 0 Å². The van der Waals surface area contributed by atoms with Gasteiger partial charge in [0.25, 0.3) is 0 Å². The lowest BCUT2D eigenvalue weighted by atomic mass is 9.98. The molecule has 0 aliphatic heterocycles. The van der Waals surface area contributed by atoms with Crippen LogP contribution in [0.25, 0.3) is 120 Å². The Morgan fingerprint density at radius 1 is 0.368 bits per heavy atom. The Bertz CT molecular complexity index is 4220. The van der Waals surface area contributed by atoms with Gasteiger partial charge in [-0.05, 0) is 171 Å². The number of rotatable bonds is 6. The van der Waals surface area contributed by atoms with Crippen LogP contribution in [0.15, 0.2) is 148 Å². The van der Waals surface area contributed by atoms with Gasteiger partial charge in [0.1, 0.15) is 11.2 Å². The molecule has 4 heterocycles. The summed E-state index contributed by atoms with van der Waals surface area (Å²) in [6.45, 7) is 18.1.